The van der Waals surface area contributed by atoms with Crippen LogP contribution in [0.4, 0.5) is 0 Å². The van der Waals surface area contributed by atoms with Gasteiger partial charge in [0.1, 0.15) is 23.4 Å². The fourth-order valence-electron chi connectivity index (χ4n) is 2.40. The maximum atomic E-state index is 11.9. The summed E-state index contributed by atoms with van der Waals surface area (Å²) in [6, 6.07) is 12.8. The number of ether oxygens (including phenoxy) is 3. The molecular formula is C20H25NO4. The summed E-state index contributed by atoms with van der Waals surface area (Å²) >= 11 is 0. The molecule has 0 heterocycles. The van der Waals surface area contributed by atoms with Crippen molar-refractivity contribution in [3.63, 3.8) is 0 Å². The van der Waals surface area contributed by atoms with Gasteiger partial charge in [-0.1, -0.05) is 0 Å². The lowest BCUT2D eigenvalue weighted by atomic mass is 10.2. The van der Waals surface area contributed by atoms with Crippen LogP contribution in [0.25, 0.3) is 0 Å². The number of carbonyl (C=O) groups excluding carboxylic acids is 1. The van der Waals surface area contributed by atoms with Gasteiger partial charge in [-0.25, -0.2) is 0 Å². The van der Waals surface area contributed by atoms with Crippen molar-refractivity contribution in [3.05, 3.63) is 53.6 Å². The molecule has 1 atom stereocenters. The second kappa shape index (κ2) is 8.53. The molecule has 2 aromatic carbocycles. The second-order valence-corrected chi connectivity index (χ2v) is 6.19. The maximum absolute atomic E-state index is 11.9. The van der Waals surface area contributed by atoms with Crippen LogP contribution in [0, 0.1) is 6.92 Å². The van der Waals surface area contributed by atoms with E-state index in [0.29, 0.717) is 23.7 Å². The molecule has 0 aromatic heterocycles. The van der Waals surface area contributed by atoms with E-state index in [1.54, 1.807) is 50.4 Å². The molecule has 5 heteroatoms. The van der Waals surface area contributed by atoms with Crippen LogP contribution in [-0.4, -0.2) is 44.7 Å². The highest BCUT2D eigenvalue weighted by molar-refractivity contribution is 5.93. The molecule has 0 fully saturated rings. The van der Waals surface area contributed by atoms with Gasteiger partial charge in [-0.3, -0.25) is 4.79 Å². The van der Waals surface area contributed by atoms with Crippen molar-refractivity contribution < 1.29 is 19.0 Å². The van der Waals surface area contributed by atoms with E-state index in [-0.39, 0.29) is 12.0 Å². The second-order valence-electron chi connectivity index (χ2n) is 6.19. The summed E-state index contributed by atoms with van der Waals surface area (Å²) in [6.07, 6.45) is -0.0454. The number of aryl methyl sites for hydroxylation is 1. The summed E-state index contributed by atoms with van der Waals surface area (Å²) in [5.74, 6) is 2.05. The van der Waals surface area contributed by atoms with Gasteiger partial charge in [-0.2, -0.15) is 0 Å². The minimum absolute atomic E-state index is 0.0371. The van der Waals surface area contributed by atoms with E-state index < -0.39 is 0 Å². The fraction of sp³-hybridized carbons (Fsp3) is 0.350. The molecule has 2 rings (SSSR count). The Morgan fingerprint density at radius 2 is 1.68 bits per heavy atom. The van der Waals surface area contributed by atoms with Gasteiger partial charge in [0, 0.05) is 32.8 Å². The quantitative estimate of drug-likeness (QED) is 0.765. The average Bonchev–Trinajstić information content (AvgIpc) is 2.54. The summed E-state index contributed by atoms with van der Waals surface area (Å²) in [7, 11) is 5.10. The SMILES string of the molecule is COCC(C)Oc1cc(C)cc(Oc2ccc(C(=O)N(C)C)cc2)c1. The van der Waals surface area contributed by atoms with Crippen molar-refractivity contribution >= 4 is 5.91 Å². The van der Waals surface area contributed by atoms with Gasteiger partial charge < -0.3 is 19.1 Å². The van der Waals surface area contributed by atoms with E-state index >= 15 is 0 Å². The zero-order chi connectivity index (χ0) is 18.4. The molecule has 0 bridgehead atoms. The summed E-state index contributed by atoms with van der Waals surface area (Å²) < 4.78 is 16.8. The minimum Gasteiger partial charge on any atom is -0.488 e. The molecule has 0 N–H and O–H groups in total. The highest BCUT2D eigenvalue weighted by atomic mass is 16.5. The molecule has 0 radical (unpaired) electrons. The number of hydrogen-bond donors (Lipinski definition) is 0. The molecule has 5 nitrogen and oxygen atoms in total. The van der Waals surface area contributed by atoms with Crippen molar-refractivity contribution in [2.24, 2.45) is 0 Å². The third-order valence-electron chi connectivity index (χ3n) is 3.51. The molecule has 1 amide bonds. The Morgan fingerprint density at radius 3 is 2.28 bits per heavy atom. The summed E-state index contributed by atoms with van der Waals surface area (Å²) in [5, 5.41) is 0. The van der Waals surface area contributed by atoms with Crippen molar-refractivity contribution in [2.75, 3.05) is 27.8 Å². The largest absolute Gasteiger partial charge is 0.488 e. The first-order chi connectivity index (χ1) is 11.9. The summed E-state index contributed by atoms with van der Waals surface area (Å²) in [5.41, 5.74) is 1.66. The molecule has 25 heavy (non-hydrogen) atoms. The monoisotopic (exact) mass is 343 g/mol. The van der Waals surface area contributed by atoms with Crippen LogP contribution >= 0.6 is 0 Å². The standard InChI is InChI=1S/C20H25NO4/c1-14-10-18(24-15(2)13-23-5)12-19(11-14)25-17-8-6-16(7-9-17)20(22)21(3)4/h6-12,15H,13H2,1-5H3. The van der Waals surface area contributed by atoms with E-state index in [2.05, 4.69) is 0 Å². The van der Waals surface area contributed by atoms with Crippen LogP contribution < -0.4 is 9.47 Å². The normalized spacial score (nSPS) is 11.7. The fourth-order valence-corrected chi connectivity index (χ4v) is 2.40. The maximum Gasteiger partial charge on any atom is 0.253 e. The van der Waals surface area contributed by atoms with Crippen LogP contribution in [0.5, 0.6) is 17.2 Å². The number of rotatable bonds is 7. The van der Waals surface area contributed by atoms with E-state index in [9.17, 15) is 4.79 Å². The molecule has 0 aliphatic carbocycles. The van der Waals surface area contributed by atoms with Crippen molar-refractivity contribution in [3.8, 4) is 17.2 Å². The third kappa shape index (κ3) is 5.50. The Hall–Kier alpha value is -2.53. The first-order valence-electron chi connectivity index (χ1n) is 8.16. The van der Waals surface area contributed by atoms with Crippen LogP contribution in [0.3, 0.4) is 0 Å². The molecule has 0 saturated heterocycles. The van der Waals surface area contributed by atoms with Crippen LogP contribution in [-0.2, 0) is 4.74 Å². The van der Waals surface area contributed by atoms with Crippen LogP contribution in [0.2, 0.25) is 0 Å². The number of amides is 1. The lowest BCUT2D eigenvalue weighted by molar-refractivity contribution is 0.0827. The predicted octanol–water partition coefficient (Wildman–Crippen LogP) is 3.90. The van der Waals surface area contributed by atoms with Gasteiger partial charge in [0.05, 0.1) is 6.61 Å². The van der Waals surface area contributed by atoms with E-state index in [1.807, 2.05) is 32.0 Å². The van der Waals surface area contributed by atoms with Crippen molar-refractivity contribution in [1.82, 2.24) is 4.90 Å². The van der Waals surface area contributed by atoms with E-state index in [1.165, 1.54) is 0 Å². The topological polar surface area (TPSA) is 48.0 Å². The van der Waals surface area contributed by atoms with Gasteiger partial charge in [0.2, 0.25) is 0 Å². The molecular weight excluding hydrogens is 318 g/mol. The minimum atomic E-state index is -0.0454. The average molecular weight is 343 g/mol. The van der Waals surface area contributed by atoms with Gasteiger partial charge in [-0.15, -0.1) is 0 Å². The van der Waals surface area contributed by atoms with Crippen LogP contribution in [0.1, 0.15) is 22.8 Å². The summed E-state index contributed by atoms with van der Waals surface area (Å²) in [4.78, 5) is 13.5. The predicted molar refractivity (Wildman–Crippen MR) is 97.7 cm³/mol. The number of hydrogen-bond acceptors (Lipinski definition) is 4. The molecule has 0 aliphatic rings. The first-order valence-corrected chi connectivity index (χ1v) is 8.16. The van der Waals surface area contributed by atoms with Gasteiger partial charge in [0.25, 0.3) is 5.91 Å². The molecule has 0 aliphatic heterocycles. The van der Waals surface area contributed by atoms with Gasteiger partial charge in [-0.05, 0) is 55.8 Å². The molecule has 2 aromatic rings. The van der Waals surface area contributed by atoms with Gasteiger partial charge >= 0.3 is 0 Å². The van der Waals surface area contributed by atoms with Crippen molar-refractivity contribution in [1.29, 1.82) is 0 Å². The zero-order valence-electron chi connectivity index (χ0n) is 15.4. The molecule has 0 spiro atoms. The Labute approximate surface area is 149 Å². The van der Waals surface area contributed by atoms with E-state index in [0.717, 1.165) is 11.3 Å². The number of carbonyl (C=O) groups is 1. The third-order valence-corrected chi connectivity index (χ3v) is 3.51. The zero-order valence-corrected chi connectivity index (χ0v) is 15.4. The molecule has 134 valence electrons. The number of nitrogens with zero attached hydrogens (tertiary/aromatic N) is 1. The Balaban J connectivity index is 2.11. The highest BCUT2D eigenvalue weighted by Crippen LogP contribution is 2.28. The summed E-state index contributed by atoms with van der Waals surface area (Å²) in [6.45, 7) is 4.46. The van der Waals surface area contributed by atoms with Crippen molar-refractivity contribution in [2.45, 2.75) is 20.0 Å². The smallest absolute Gasteiger partial charge is 0.253 e. The lowest BCUT2D eigenvalue weighted by Gasteiger charge is -2.16. The highest BCUT2D eigenvalue weighted by Gasteiger charge is 2.09. The number of benzene rings is 2. The lowest BCUT2D eigenvalue weighted by Crippen LogP contribution is -2.21. The number of methoxy groups -OCH3 is 1. The van der Waals surface area contributed by atoms with Crippen LogP contribution in [0.15, 0.2) is 42.5 Å². The Bertz CT molecular complexity index is 710. The van der Waals surface area contributed by atoms with E-state index in [4.69, 9.17) is 14.2 Å². The Morgan fingerprint density at radius 1 is 1.04 bits per heavy atom. The Kier molecular flexibility index (Phi) is 6.42. The molecule has 0 saturated carbocycles. The van der Waals surface area contributed by atoms with Gasteiger partial charge in [0.15, 0.2) is 0 Å². The molecule has 1 unspecified atom stereocenters. The first kappa shape index (κ1) is 18.8.